The molecule has 1 saturated carbocycles. The summed E-state index contributed by atoms with van der Waals surface area (Å²) >= 11 is 0. The second kappa shape index (κ2) is 10.3. The fourth-order valence-corrected chi connectivity index (χ4v) is 4.15. The summed E-state index contributed by atoms with van der Waals surface area (Å²) in [5.41, 5.74) is 2.18. The zero-order chi connectivity index (χ0) is 24.2. The molecule has 1 aromatic carbocycles. The van der Waals surface area contributed by atoms with E-state index in [-0.39, 0.29) is 36.7 Å². The van der Waals surface area contributed by atoms with E-state index >= 15 is 0 Å². The summed E-state index contributed by atoms with van der Waals surface area (Å²) in [4.78, 5) is 33.8. The molecule has 1 unspecified atom stereocenters. The van der Waals surface area contributed by atoms with E-state index in [0.29, 0.717) is 25.6 Å². The third-order valence-electron chi connectivity index (χ3n) is 6.31. The summed E-state index contributed by atoms with van der Waals surface area (Å²) in [5.74, 6) is 1.38. The van der Waals surface area contributed by atoms with Gasteiger partial charge in [-0.1, -0.05) is 17.3 Å². The molecule has 2 aliphatic rings. The highest BCUT2D eigenvalue weighted by Crippen LogP contribution is 2.40. The Morgan fingerprint density at radius 3 is 2.57 bits per heavy atom. The molecule has 2 aromatic heterocycles. The Balaban J connectivity index is 1.33. The topological polar surface area (TPSA) is 98.0 Å². The number of methoxy groups -OCH3 is 1. The van der Waals surface area contributed by atoms with Crippen LogP contribution < -0.4 is 4.74 Å². The number of rotatable bonds is 8. The third-order valence-corrected chi connectivity index (χ3v) is 6.31. The maximum atomic E-state index is 13.3. The molecule has 1 aliphatic carbocycles. The van der Waals surface area contributed by atoms with E-state index in [9.17, 15) is 9.59 Å². The van der Waals surface area contributed by atoms with Crippen LogP contribution >= 0.6 is 0 Å². The summed E-state index contributed by atoms with van der Waals surface area (Å²) in [6.45, 7) is 1.37. The molecular weight excluding hydrogens is 448 g/mol. The van der Waals surface area contributed by atoms with Crippen LogP contribution in [0.3, 0.4) is 0 Å². The van der Waals surface area contributed by atoms with Crippen molar-refractivity contribution in [3.8, 4) is 5.75 Å². The van der Waals surface area contributed by atoms with E-state index in [1.807, 2.05) is 36.4 Å². The van der Waals surface area contributed by atoms with E-state index < -0.39 is 0 Å². The van der Waals surface area contributed by atoms with E-state index in [1.165, 1.54) is 4.90 Å². The lowest BCUT2D eigenvalue weighted by atomic mass is 10.2. The van der Waals surface area contributed by atoms with E-state index in [0.717, 1.165) is 35.5 Å². The average molecular weight is 477 g/mol. The average Bonchev–Trinajstić information content (AvgIpc) is 3.65. The van der Waals surface area contributed by atoms with Gasteiger partial charge in [0.25, 0.3) is 5.91 Å². The largest absolute Gasteiger partial charge is 0.497 e. The lowest BCUT2D eigenvalue weighted by Gasteiger charge is -2.25. The predicted octanol–water partition coefficient (Wildman–Crippen LogP) is 3.03. The van der Waals surface area contributed by atoms with Crippen LogP contribution in [-0.4, -0.2) is 64.6 Å². The van der Waals surface area contributed by atoms with Crippen molar-refractivity contribution >= 4 is 11.8 Å². The fourth-order valence-electron chi connectivity index (χ4n) is 4.15. The fraction of sp³-hybridized carbons (Fsp3) is 0.385. The molecule has 9 nitrogen and oxygen atoms in total. The summed E-state index contributed by atoms with van der Waals surface area (Å²) in [7, 11) is 1.62. The van der Waals surface area contributed by atoms with Crippen LogP contribution in [0.1, 0.15) is 46.1 Å². The molecule has 1 saturated heterocycles. The first-order valence-corrected chi connectivity index (χ1v) is 11.8. The number of carbonyl (C=O) groups is 2. The number of aromatic nitrogens is 2. The molecule has 9 heteroatoms. The quantitative estimate of drug-likeness (QED) is 0.493. The van der Waals surface area contributed by atoms with Crippen molar-refractivity contribution < 1.29 is 23.6 Å². The molecule has 0 bridgehead atoms. The number of nitrogens with zero attached hydrogens (tertiary/aromatic N) is 4. The SMILES string of the molecule is COc1ccc(CN2CC(OCc3ccncc3)CN(C(=O)c3cc(C4CC4)on3)CC2=O)cc1. The van der Waals surface area contributed by atoms with Crippen LogP contribution in [0.15, 0.2) is 59.4 Å². The molecule has 0 radical (unpaired) electrons. The number of pyridine rings is 1. The van der Waals surface area contributed by atoms with Gasteiger partial charge in [-0.15, -0.1) is 0 Å². The van der Waals surface area contributed by atoms with Crippen LogP contribution in [0.2, 0.25) is 0 Å². The van der Waals surface area contributed by atoms with Gasteiger partial charge < -0.3 is 23.8 Å². The smallest absolute Gasteiger partial charge is 0.276 e. The van der Waals surface area contributed by atoms with Gasteiger partial charge in [-0.2, -0.15) is 0 Å². The van der Waals surface area contributed by atoms with Gasteiger partial charge in [-0.3, -0.25) is 14.6 Å². The van der Waals surface area contributed by atoms with Crippen LogP contribution in [0.4, 0.5) is 0 Å². The van der Waals surface area contributed by atoms with Crippen molar-refractivity contribution in [3.63, 3.8) is 0 Å². The number of hydrogen-bond donors (Lipinski definition) is 0. The lowest BCUT2D eigenvalue weighted by molar-refractivity contribution is -0.132. The predicted molar refractivity (Wildman–Crippen MR) is 126 cm³/mol. The Morgan fingerprint density at radius 2 is 1.86 bits per heavy atom. The van der Waals surface area contributed by atoms with Crippen LogP contribution in [0, 0.1) is 0 Å². The first-order valence-electron chi connectivity index (χ1n) is 11.8. The van der Waals surface area contributed by atoms with Crippen LogP contribution in [0.25, 0.3) is 0 Å². The van der Waals surface area contributed by atoms with Gasteiger partial charge in [0.1, 0.15) is 18.1 Å². The Hall–Kier alpha value is -3.72. The second-order valence-electron chi connectivity index (χ2n) is 8.99. The van der Waals surface area contributed by atoms with Crippen molar-refractivity contribution in [3.05, 3.63) is 77.4 Å². The molecule has 5 rings (SSSR count). The Morgan fingerprint density at radius 1 is 1.09 bits per heavy atom. The first kappa shape index (κ1) is 23.0. The molecule has 1 atom stereocenters. The highest BCUT2D eigenvalue weighted by molar-refractivity contribution is 5.95. The highest BCUT2D eigenvalue weighted by atomic mass is 16.5. The minimum absolute atomic E-state index is 0.0459. The number of carbonyl (C=O) groups excluding carboxylic acids is 2. The van der Waals surface area contributed by atoms with Gasteiger partial charge in [0.05, 0.1) is 19.8 Å². The number of hydrogen-bond acceptors (Lipinski definition) is 7. The summed E-state index contributed by atoms with van der Waals surface area (Å²) in [5, 5.41) is 3.98. The molecule has 3 aromatic rings. The standard InChI is InChI=1S/C26H28N4O5/c1-33-21-6-2-18(3-7-21)13-29-14-22(34-17-19-8-10-27-11-9-19)15-30(16-25(29)31)26(32)23-12-24(35-28-23)20-4-5-20/h2-3,6-12,20,22H,4-5,13-17H2,1H3. The second-order valence-corrected chi connectivity index (χ2v) is 8.99. The maximum absolute atomic E-state index is 13.3. The number of ether oxygens (including phenoxy) is 2. The third kappa shape index (κ3) is 5.68. The molecule has 2 fully saturated rings. The number of amides is 2. The molecular formula is C26H28N4O5. The van der Waals surface area contributed by atoms with Gasteiger partial charge >= 0.3 is 0 Å². The van der Waals surface area contributed by atoms with Gasteiger partial charge in [-0.05, 0) is 48.2 Å². The van der Waals surface area contributed by atoms with Crippen molar-refractivity contribution in [1.29, 1.82) is 0 Å². The maximum Gasteiger partial charge on any atom is 0.276 e. The molecule has 0 N–H and O–H groups in total. The van der Waals surface area contributed by atoms with Gasteiger partial charge in [0.15, 0.2) is 5.69 Å². The molecule has 3 heterocycles. The van der Waals surface area contributed by atoms with E-state index in [2.05, 4.69) is 10.1 Å². The normalized spacial score (nSPS) is 18.4. The number of benzene rings is 1. The summed E-state index contributed by atoms with van der Waals surface area (Å²) < 4.78 is 16.8. The van der Waals surface area contributed by atoms with Crippen molar-refractivity contribution in [1.82, 2.24) is 19.9 Å². The van der Waals surface area contributed by atoms with Crippen LogP contribution in [0.5, 0.6) is 5.75 Å². The van der Waals surface area contributed by atoms with Crippen molar-refractivity contribution in [2.75, 3.05) is 26.7 Å². The zero-order valence-electron chi connectivity index (χ0n) is 19.6. The lowest BCUT2D eigenvalue weighted by Crippen LogP contribution is -2.39. The van der Waals surface area contributed by atoms with Gasteiger partial charge in [-0.25, -0.2) is 0 Å². The zero-order valence-corrected chi connectivity index (χ0v) is 19.6. The van der Waals surface area contributed by atoms with E-state index in [4.69, 9.17) is 14.0 Å². The monoisotopic (exact) mass is 476 g/mol. The minimum atomic E-state index is -0.369. The summed E-state index contributed by atoms with van der Waals surface area (Å²) in [6.07, 6.45) is 5.16. The highest BCUT2D eigenvalue weighted by Gasteiger charge is 2.34. The van der Waals surface area contributed by atoms with Gasteiger partial charge in [0, 0.05) is 44.0 Å². The van der Waals surface area contributed by atoms with Gasteiger partial charge in [0.2, 0.25) is 5.91 Å². The molecule has 182 valence electrons. The molecule has 35 heavy (non-hydrogen) atoms. The van der Waals surface area contributed by atoms with Crippen LogP contribution in [-0.2, 0) is 22.7 Å². The first-order chi connectivity index (χ1) is 17.1. The molecule has 1 aliphatic heterocycles. The van der Waals surface area contributed by atoms with E-state index in [1.54, 1.807) is 30.5 Å². The molecule has 2 amide bonds. The molecule has 0 spiro atoms. The van der Waals surface area contributed by atoms with Crippen molar-refractivity contribution in [2.45, 2.75) is 38.0 Å². The Bertz CT molecular complexity index is 1160. The Kier molecular flexibility index (Phi) is 6.76. The summed E-state index contributed by atoms with van der Waals surface area (Å²) in [6, 6.07) is 13.1. The minimum Gasteiger partial charge on any atom is -0.497 e. The van der Waals surface area contributed by atoms with Crippen molar-refractivity contribution in [2.24, 2.45) is 0 Å². The Labute approximate surface area is 203 Å².